The van der Waals surface area contributed by atoms with E-state index >= 15 is 0 Å². The van der Waals surface area contributed by atoms with Crippen LogP contribution in [0.1, 0.15) is 143 Å². The molecule has 278 valence electrons. The van der Waals surface area contributed by atoms with E-state index in [4.69, 9.17) is 16.7 Å². The van der Waals surface area contributed by atoms with Gasteiger partial charge in [-0.15, -0.1) is 10.2 Å². The van der Waals surface area contributed by atoms with Gasteiger partial charge in [0.05, 0.1) is 0 Å². The summed E-state index contributed by atoms with van der Waals surface area (Å²) in [6.45, 7) is 26.8. The Labute approximate surface area is 291 Å². The zero-order chi connectivity index (χ0) is 35.5. The van der Waals surface area contributed by atoms with Gasteiger partial charge in [0.2, 0.25) is 16.9 Å². The van der Waals surface area contributed by atoms with Crippen LogP contribution >= 0.6 is 11.3 Å². The fourth-order valence-electron chi connectivity index (χ4n) is 3.85. The minimum atomic E-state index is -0.00995. The summed E-state index contributed by atoms with van der Waals surface area (Å²) in [7, 11) is 1.50. The Morgan fingerprint density at radius 2 is 1.28 bits per heavy atom. The van der Waals surface area contributed by atoms with E-state index in [1.54, 1.807) is 5.51 Å². The monoisotopic (exact) mass is 689 g/mol. The maximum absolute atomic E-state index is 11.7. The van der Waals surface area contributed by atoms with Crippen LogP contribution in [-0.2, 0) is 14.4 Å². The summed E-state index contributed by atoms with van der Waals surface area (Å²) in [5.41, 5.74) is 12.8. The zero-order valence-corrected chi connectivity index (χ0v) is 31.2. The third-order valence-electron chi connectivity index (χ3n) is 5.45. The Balaban J connectivity index is -0.000000262. The van der Waals surface area contributed by atoms with E-state index in [0.29, 0.717) is 42.0 Å². The summed E-state index contributed by atoms with van der Waals surface area (Å²) in [4.78, 5) is 29.6. The van der Waals surface area contributed by atoms with Gasteiger partial charge < -0.3 is 31.7 Å². The van der Waals surface area contributed by atoms with Gasteiger partial charge in [0, 0.05) is 38.8 Å². The number of hydrogen-bond donors (Lipinski definition) is 4. The van der Waals surface area contributed by atoms with Crippen molar-refractivity contribution in [2.75, 3.05) is 25.5 Å². The number of carbonyl (C=O) groups excluding carboxylic acids is 2. The number of piperidine rings is 1. The number of nitrogens with two attached hydrogens (primary N) is 2. The molecule has 1 aliphatic rings. The first-order valence-corrected chi connectivity index (χ1v) is 16.4. The molecule has 1 aliphatic heterocycles. The van der Waals surface area contributed by atoms with Crippen molar-refractivity contribution in [3.63, 3.8) is 0 Å². The number of amides is 2. The molecule has 47 heavy (non-hydrogen) atoms. The molecule has 0 unspecified atom stereocenters. The van der Waals surface area contributed by atoms with E-state index < -0.39 is 0 Å². The van der Waals surface area contributed by atoms with Crippen molar-refractivity contribution in [1.29, 1.82) is 0 Å². The maximum atomic E-state index is 11.7. The van der Waals surface area contributed by atoms with Crippen molar-refractivity contribution in [1.82, 2.24) is 15.1 Å². The average molecular weight is 689 g/mol. The van der Waals surface area contributed by atoms with Gasteiger partial charge in [-0.25, -0.2) is 0 Å². The second kappa shape index (κ2) is 24.2. The first-order chi connectivity index (χ1) is 20.4. The molecule has 6 N–H and O–H groups in total. The van der Waals surface area contributed by atoms with E-state index in [0.717, 1.165) is 19.5 Å². The summed E-state index contributed by atoms with van der Waals surface area (Å²) >= 11 is 1.32. The predicted octanol–water partition coefficient (Wildman–Crippen LogP) is 8.13. The van der Waals surface area contributed by atoms with Crippen molar-refractivity contribution in [3.05, 3.63) is 5.51 Å². The highest BCUT2D eigenvalue weighted by Crippen LogP contribution is 2.22. The number of amidine groups is 2. The summed E-state index contributed by atoms with van der Waals surface area (Å²) in [5, 5.41) is 25.2. The average Bonchev–Trinajstić information content (AvgIpc) is 3.34. The Morgan fingerprint density at radius 3 is 1.62 bits per heavy atom. The van der Waals surface area contributed by atoms with Crippen LogP contribution in [0.25, 0.3) is 0 Å². The molecule has 0 bridgehead atoms. The third-order valence-corrected chi connectivity index (χ3v) is 6.05. The summed E-state index contributed by atoms with van der Waals surface area (Å²) in [5.74, 6) is 1.17. The van der Waals surface area contributed by atoms with Crippen molar-refractivity contribution < 1.29 is 19.6 Å². The normalized spacial score (nSPS) is 13.9. The van der Waals surface area contributed by atoms with Crippen LogP contribution < -0.4 is 16.8 Å². The molecule has 2 heterocycles. The molecular weight excluding hydrogens is 616 g/mol. The molecule has 1 fully saturated rings. The number of rotatable bonds is 6. The van der Waals surface area contributed by atoms with Gasteiger partial charge in [0.25, 0.3) is 0 Å². The standard InChI is InChI=1S/C11H21NO.C8H13N3OS.C7H16N2O.C6H14N2O.2CH4/c1-11(2,3)9-10(13)12-7-5-4-6-8-12;1-8(2,3)4-6(12)10-7-11-9-5-13-7;1-7(2,3)5-6(8)9-10-4;1-6(2,3)4-5(7)8-9;;/h4-9H2,1-3H3;5H,4H2,1-3H3,(H,10,11,12);5H2,1-4H3,(H2,8,9);9H,4H2,1-3H3,(H2,7,8);2*1H4. The van der Waals surface area contributed by atoms with Crippen LogP contribution in [0.5, 0.6) is 0 Å². The fourth-order valence-corrected chi connectivity index (χ4v) is 4.31. The van der Waals surface area contributed by atoms with Gasteiger partial charge in [-0.05, 0) is 40.9 Å². The third kappa shape index (κ3) is 35.7. The number of oxime groups is 2. The van der Waals surface area contributed by atoms with Crippen molar-refractivity contribution in [2.45, 2.75) is 143 Å². The number of likely N-dealkylation sites (tertiary alicyclic amines) is 1. The Morgan fingerprint density at radius 1 is 0.830 bits per heavy atom. The lowest BCUT2D eigenvalue weighted by Crippen LogP contribution is -2.37. The molecule has 13 heteroatoms. The quantitative estimate of drug-likeness (QED) is 0.1000. The number of carbonyl (C=O) groups is 2. The second-order valence-electron chi connectivity index (χ2n) is 16.0. The Kier molecular flexibility index (Phi) is 26.2. The van der Waals surface area contributed by atoms with Crippen LogP contribution in [0.15, 0.2) is 15.8 Å². The highest BCUT2D eigenvalue weighted by molar-refractivity contribution is 7.13. The van der Waals surface area contributed by atoms with Crippen LogP contribution in [0.2, 0.25) is 0 Å². The topological polar surface area (TPSA) is 181 Å². The molecular formula is C34H72N8O4S. The SMILES string of the molecule is C.C.CC(C)(C)C/C(N)=N/O.CC(C)(C)CC(=O)N1CCCCC1.CC(C)(C)CC(=O)Nc1nncs1.CO/N=C(\N)CC(C)(C)C. The molecule has 0 aliphatic carbocycles. The lowest BCUT2D eigenvalue weighted by Gasteiger charge is -2.29. The summed E-state index contributed by atoms with van der Waals surface area (Å²) < 4.78 is 0. The highest BCUT2D eigenvalue weighted by Gasteiger charge is 2.22. The molecule has 2 rings (SSSR count). The first kappa shape index (κ1) is 50.9. The van der Waals surface area contributed by atoms with E-state index in [9.17, 15) is 9.59 Å². The molecule has 12 nitrogen and oxygen atoms in total. The first-order valence-electron chi connectivity index (χ1n) is 15.5. The van der Waals surface area contributed by atoms with Gasteiger partial charge in [-0.1, -0.05) is 120 Å². The van der Waals surface area contributed by atoms with Crippen LogP contribution in [0.4, 0.5) is 5.13 Å². The second-order valence-corrected chi connectivity index (χ2v) is 16.9. The summed E-state index contributed by atoms with van der Waals surface area (Å²) in [6, 6.07) is 0. The lowest BCUT2D eigenvalue weighted by molar-refractivity contribution is -0.134. The molecule has 2 amide bonds. The van der Waals surface area contributed by atoms with Crippen LogP contribution in [0.3, 0.4) is 0 Å². The Hall–Kier alpha value is -2.96. The molecule has 0 aromatic carbocycles. The van der Waals surface area contributed by atoms with Crippen molar-refractivity contribution in [2.24, 2.45) is 43.4 Å². The van der Waals surface area contributed by atoms with Crippen molar-refractivity contribution in [3.8, 4) is 0 Å². The minimum Gasteiger partial charge on any atom is -0.409 e. The molecule has 1 aromatic heterocycles. The zero-order valence-electron chi connectivity index (χ0n) is 30.4. The molecule has 1 aromatic rings. The highest BCUT2D eigenvalue weighted by atomic mass is 32.1. The number of hydrogen-bond acceptors (Lipinski definition) is 9. The van der Waals surface area contributed by atoms with Crippen molar-refractivity contribution >= 4 is 40.0 Å². The van der Waals surface area contributed by atoms with Gasteiger partial charge in [0.15, 0.2) is 0 Å². The van der Waals surface area contributed by atoms with E-state index in [-0.39, 0.29) is 42.4 Å². The molecule has 1 saturated heterocycles. The number of aromatic nitrogens is 2. The molecule has 0 spiro atoms. The van der Waals surface area contributed by atoms with Gasteiger partial charge >= 0.3 is 0 Å². The van der Waals surface area contributed by atoms with Gasteiger partial charge in [-0.3, -0.25) is 9.59 Å². The number of nitrogens with one attached hydrogen (secondary N) is 1. The maximum Gasteiger partial charge on any atom is 0.226 e. The van der Waals surface area contributed by atoms with E-state index in [1.807, 2.05) is 46.4 Å². The number of anilines is 1. The smallest absolute Gasteiger partial charge is 0.226 e. The predicted molar refractivity (Wildman–Crippen MR) is 201 cm³/mol. The number of nitrogens with zero attached hydrogens (tertiary/aromatic N) is 5. The lowest BCUT2D eigenvalue weighted by atomic mass is 9.91. The summed E-state index contributed by atoms with van der Waals surface area (Å²) in [6.07, 6.45) is 6.25. The molecule has 0 atom stereocenters. The molecule has 0 saturated carbocycles. The molecule has 0 radical (unpaired) electrons. The fraction of sp³-hybridized carbons (Fsp3) is 0.824. The largest absolute Gasteiger partial charge is 0.409 e. The van der Waals surface area contributed by atoms with Crippen LogP contribution in [0, 0.1) is 21.7 Å². The van der Waals surface area contributed by atoms with Crippen LogP contribution in [-0.4, -0.2) is 64.0 Å². The van der Waals surface area contributed by atoms with E-state index in [1.165, 1.54) is 37.7 Å². The van der Waals surface area contributed by atoms with E-state index in [2.05, 4.69) is 72.2 Å². The Bertz CT molecular complexity index is 1010. The van der Waals surface area contributed by atoms with Gasteiger partial charge in [-0.2, -0.15) is 0 Å². The van der Waals surface area contributed by atoms with Gasteiger partial charge in [0.1, 0.15) is 24.3 Å². The minimum absolute atomic E-state index is 0.